The number of carbonyl (C=O) groups is 1. The van der Waals surface area contributed by atoms with Crippen molar-refractivity contribution in [3.63, 3.8) is 0 Å². The van der Waals surface area contributed by atoms with Crippen molar-refractivity contribution in [2.24, 2.45) is 5.41 Å². The molecule has 1 aliphatic heterocycles. The second-order valence-corrected chi connectivity index (χ2v) is 9.34. The molecule has 0 saturated carbocycles. The molecular weight excluding hydrogens is 464 g/mol. The van der Waals surface area contributed by atoms with E-state index in [1.165, 1.54) is 18.2 Å². The van der Waals surface area contributed by atoms with Crippen LogP contribution in [-0.2, 0) is 17.8 Å². The molecule has 34 heavy (non-hydrogen) atoms. The Balaban J connectivity index is 1.52. The Morgan fingerprint density at radius 3 is 2.79 bits per heavy atom. The van der Waals surface area contributed by atoms with Crippen LogP contribution in [0.1, 0.15) is 36.7 Å². The van der Waals surface area contributed by atoms with Crippen LogP contribution in [-0.4, -0.2) is 43.7 Å². The third kappa shape index (κ3) is 5.05. The molecule has 1 fully saturated rings. The van der Waals surface area contributed by atoms with E-state index < -0.39 is 23.0 Å². The molecule has 1 unspecified atom stereocenters. The summed E-state index contributed by atoms with van der Waals surface area (Å²) >= 11 is 5.90. The zero-order valence-corrected chi connectivity index (χ0v) is 19.7. The first-order valence-electron chi connectivity index (χ1n) is 11.0. The smallest absolute Gasteiger partial charge is 0.310 e. The predicted molar refractivity (Wildman–Crippen MR) is 125 cm³/mol. The Morgan fingerprint density at radius 1 is 1.32 bits per heavy atom. The fourth-order valence-electron chi connectivity index (χ4n) is 4.54. The molecule has 1 aliphatic rings. The number of carboxylic acid groups (broad SMARTS) is 1. The number of carboxylic acids is 1. The predicted octanol–water partition coefficient (Wildman–Crippen LogP) is 5.09. The number of rotatable bonds is 7. The number of H-pyrrole nitrogens is 1. The van der Waals surface area contributed by atoms with Crippen molar-refractivity contribution in [1.82, 2.24) is 20.1 Å². The first kappa shape index (κ1) is 24.1. The molecule has 3 heterocycles. The summed E-state index contributed by atoms with van der Waals surface area (Å²) in [5.74, 6) is -1.10. The molecule has 0 bridgehead atoms. The number of anilines is 2. The highest BCUT2D eigenvalue weighted by Gasteiger charge is 2.45. The van der Waals surface area contributed by atoms with E-state index in [0.29, 0.717) is 30.3 Å². The first-order chi connectivity index (χ1) is 16.2. The van der Waals surface area contributed by atoms with Gasteiger partial charge in [-0.25, -0.2) is 13.8 Å². The summed E-state index contributed by atoms with van der Waals surface area (Å²) in [5.41, 5.74) is 0.217. The molecule has 2 aromatic heterocycles. The van der Waals surface area contributed by atoms with Gasteiger partial charge in [0, 0.05) is 36.3 Å². The Labute approximate surface area is 201 Å². The van der Waals surface area contributed by atoms with Gasteiger partial charge >= 0.3 is 5.97 Å². The second-order valence-electron chi connectivity index (χ2n) is 8.94. The lowest BCUT2D eigenvalue weighted by Gasteiger charge is -2.43. The number of aryl methyl sites for hydroxylation is 1. The van der Waals surface area contributed by atoms with Gasteiger partial charge in [-0.1, -0.05) is 23.7 Å². The maximum absolute atomic E-state index is 14.7. The van der Waals surface area contributed by atoms with Crippen molar-refractivity contribution in [2.45, 2.75) is 45.7 Å². The largest absolute Gasteiger partial charge is 0.481 e. The van der Waals surface area contributed by atoms with Gasteiger partial charge < -0.3 is 10.4 Å². The van der Waals surface area contributed by atoms with E-state index in [0.717, 1.165) is 5.69 Å². The lowest BCUT2D eigenvalue weighted by molar-refractivity contribution is -0.153. The lowest BCUT2D eigenvalue weighted by Crippen LogP contribution is -2.50. The number of piperidine rings is 1. The van der Waals surface area contributed by atoms with Gasteiger partial charge in [0.15, 0.2) is 5.82 Å². The minimum absolute atomic E-state index is 0.0486. The zero-order valence-electron chi connectivity index (χ0n) is 18.9. The Morgan fingerprint density at radius 2 is 2.12 bits per heavy atom. The SMILES string of the molecule is Cc1cc(Nc2ccc(F)c(CC3(C(=O)O)CCN(Cc4cccc(Cl)c4F)[C@H](C)C3)n2)n[nH]1. The molecule has 0 radical (unpaired) electrons. The molecule has 2 atom stereocenters. The number of aliphatic carboxylic acids is 1. The van der Waals surface area contributed by atoms with E-state index in [2.05, 4.69) is 20.5 Å². The summed E-state index contributed by atoms with van der Waals surface area (Å²) in [4.78, 5) is 18.8. The van der Waals surface area contributed by atoms with Crippen LogP contribution < -0.4 is 5.32 Å². The van der Waals surface area contributed by atoms with E-state index in [4.69, 9.17) is 11.6 Å². The zero-order chi connectivity index (χ0) is 24.5. The average Bonchev–Trinajstić information content (AvgIpc) is 3.20. The number of pyridine rings is 1. The third-order valence-electron chi connectivity index (χ3n) is 6.43. The highest BCUT2D eigenvalue weighted by molar-refractivity contribution is 6.30. The van der Waals surface area contributed by atoms with Gasteiger partial charge in [-0.2, -0.15) is 5.10 Å². The topological polar surface area (TPSA) is 94.1 Å². The molecule has 3 N–H and O–H groups in total. The minimum Gasteiger partial charge on any atom is -0.481 e. The van der Waals surface area contributed by atoms with Crippen LogP contribution in [0.3, 0.4) is 0 Å². The van der Waals surface area contributed by atoms with Crippen LogP contribution in [0.2, 0.25) is 5.02 Å². The molecule has 1 aromatic carbocycles. The van der Waals surface area contributed by atoms with Crippen molar-refractivity contribution < 1.29 is 18.7 Å². The molecule has 7 nitrogen and oxygen atoms in total. The number of hydrogen-bond donors (Lipinski definition) is 3. The van der Waals surface area contributed by atoms with E-state index in [-0.39, 0.29) is 36.0 Å². The number of benzene rings is 1. The van der Waals surface area contributed by atoms with E-state index in [1.54, 1.807) is 18.2 Å². The van der Waals surface area contributed by atoms with Gasteiger partial charge in [0.1, 0.15) is 17.5 Å². The Bertz CT molecular complexity index is 1200. The van der Waals surface area contributed by atoms with Crippen LogP contribution in [0.25, 0.3) is 0 Å². The molecule has 0 amide bonds. The van der Waals surface area contributed by atoms with Gasteiger partial charge in [-0.15, -0.1) is 0 Å². The number of nitrogens with one attached hydrogen (secondary N) is 2. The van der Waals surface area contributed by atoms with Gasteiger partial charge in [-0.3, -0.25) is 14.8 Å². The maximum atomic E-state index is 14.7. The standard InChI is InChI=1S/C24H26ClF2N5O2/c1-14-10-21(31-30-14)29-20-7-6-18(26)19(28-20)12-24(23(33)34)8-9-32(15(2)11-24)13-16-4-3-5-17(25)22(16)27/h3-7,10,15H,8-9,11-13H2,1-2H3,(H,33,34)(H2,28,29,30,31)/t15-,24?/m1/s1. The van der Waals surface area contributed by atoms with Crippen molar-refractivity contribution in [1.29, 1.82) is 0 Å². The van der Waals surface area contributed by atoms with E-state index in [1.807, 2.05) is 18.7 Å². The first-order valence-corrected chi connectivity index (χ1v) is 11.4. The van der Waals surface area contributed by atoms with E-state index >= 15 is 0 Å². The Hall–Kier alpha value is -3.04. The molecule has 0 spiro atoms. The average molecular weight is 490 g/mol. The summed E-state index contributed by atoms with van der Waals surface area (Å²) in [5, 5.41) is 20.1. The van der Waals surface area contributed by atoms with Crippen LogP contribution in [0.5, 0.6) is 0 Å². The number of likely N-dealkylation sites (tertiary alicyclic amines) is 1. The van der Waals surface area contributed by atoms with Crippen LogP contribution in [0.15, 0.2) is 36.4 Å². The fourth-order valence-corrected chi connectivity index (χ4v) is 4.74. The monoisotopic (exact) mass is 489 g/mol. The summed E-state index contributed by atoms with van der Waals surface area (Å²) in [6.45, 7) is 4.50. The van der Waals surface area contributed by atoms with Gasteiger partial charge in [0.25, 0.3) is 0 Å². The van der Waals surface area contributed by atoms with Crippen molar-refractivity contribution >= 4 is 29.2 Å². The molecule has 0 aliphatic carbocycles. The van der Waals surface area contributed by atoms with Crippen molar-refractivity contribution in [2.75, 3.05) is 11.9 Å². The fraction of sp³-hybridized carbons (Fsp3) is 0.375. The summed E-state index contributed by atoms with van der Waals surface area (Å²) in [7, 11) is 0. The van der Waals surface area contributed by atoms with Crippen molar-refractivity contribution in [3.8, 4) is 0 Å². The van der Waals surface area contributed by atoms with Crippen molar-refractivity contribution in [3.05, 3.63) is 70.0 Å². The molecule has 10 heteroatoms. The molecule has 180 valence electrons. The maximum Gasteiger partial charge on any atom is 0.310 e. The number of aromatic amines is 1. The Kier molecular flexibility index (Phi) is 6.86. The molecule has 1 saturated heterocycles. The number of halogens is 3. The number of hydrogen-bond acceptors (Lipinski definition) is 5. The second kappa shape index (κ2) is 9.68. The highest BCUT2D eigenvalue weighted by atomic mass is 35.5. The number of aromatic nitrogens is 3. The minimum atomic E-state index is -1.18. The lowest BCUT2D eigenvalue weighted by atomic mass is 9.72. The third-order valence-corrected chi connectivity index (χ3v) is 6.72. The van der Waals surface area contributed by atoms with Gasteiger partial charge in [0.05, 0.1) is 16.1 Å². The van der Waals surface area contributed by atoms with E-state index in [9.17, 15) is 18.7 Å². The highest BCUT2D eigenvalue weighted by Crippen LogP contribution is 2.39. The van der Waals surface area contributed by atoms with Gasteiger partial charge in [0.2, 0.25) is 0 Å². The normalized spacial score (nSPS) is 20.9. The molecule has 4 rings (SSSR count). The van der Waals surface area contributed by atoms with Gasteiger partial charge in [-0.05, 0) is 51.4 Å². The van der Waals surface area contributed by atoms with Crippen LogP contribution in [0, 0.1) is 24.0 Å². The summed E-state index contributed by atoms with van der Waals surface area (Å²) in [6.07, 6.45) is 0.515. The summed E-state index contributed by atoms with van der Waals surface area (Å²) in [6, 6.07) is 9.24. The molecular formula is C24H26ClF2N5O2. The quantitative estimate of drug-likeness (QED) is 0.428. The number of nitrogens with zero attached hydrogens (tertiary/aromatic N) is 3. The molecule has 3 aromatic rings. The van der Waals surface area contributed by atoms with Crippen LogP contribution in [0.4, 0.5) is 20.4 Å². The van der Waals surface area contributed by atoms with Crippen LogP contribution >= 0.6 is 11.6 Å². The summed E-state index contributed by atoms with van der Waals surface area (Å²) < 4.78 is 29.1.